The molecule has 0 saturated heterocycles. The van der Waals surface area contributed by atoms with Gasteiger partial charge >= 0.3 is 0 Å². The lowest BCUT2D eigenvalue weighted by Crippen LogP contribution is -2.23. The Balaban J connectivity index is 1.98. The third kappa shape index (κ3) is 3.88. The van der Waals surface area contributed by atoms with Gasteiger partial charge in [0.15, 0.2) is 0 Å². The summed E-state index contributed by atoms with van der Waals surface area (Å²) in [4.78, 5) is 12.9. The van der Waals surface area contributed by atoms with Gasteiger partial charge in [0.25, 0.3) is 5.56 Å². The first-order chi connectivity index (χ1) is 12.4. The molecule has 1 heterocycles. The van der Waals surface area contributed by atoms with Crippen LogP contribution in [0.3, 0.4) is 0 Å². The number of hydrogen-bond acceptors (Lipinski definition) is 1. The highest BCUT2D eigenvalue weighted by molar-refractivity contribution is 9.10. The second-order valence-electron chi connectivity index (χ2n) is 5.96. The van der Waals surface area contributed by atoms with Gasteiger partial charge in [0, 0.05) is 5.69 Å². The maximum atomic E-state index is 13.0. The fraction of sp³-hybridized carbons (Fsp3) is 0.150. The molecule has 2 nitrogen and oxygen atoms in total. The van der Waals surface area contributed by atoms with E-state index in [0.717, 1.165) is 16.8 Å². The van der Waals surface area contributed by atoms with Crippen molar-refractivity contribution in [2.75, 3.05) is 0 Å². The first kappa shape index (κ1) is 19.2. The summed E-state index contributed by atoms with van der Waals surface area (Å²) in [5.74, 6) is -0.259. The molecule has 1 aromatic heterocycles. The van der Waals surface area contributed by atoms with Crippen LogP contribution in [0.2, 0.25) is 10.0 Å². The molecule has 0 aliphatic rings. The first-order valence-corrected chi connectivity index (χ1v) is 9.53. The molecule has 0 radical (unpaired) electrons. The Morgan fingerprint density at radius 3 is 2.27 bits per heavy atom. The van der Waals surface area contributed by atoms with E-state index in [-0.39, 0.29) is 11.4 Å². The van der Waals surface area contributed by atoms with E-state index in [1.54, 1.807) is 30.3 Å². The molecule has 26 heavy (non-hydrogen) atoms. The maximum absolute atomic E-state index is 13.0. The van der Waals surface area contributed by atoms with E-state index in [2.05, 4.69) is 15.9 Å². The van der Waals surface area contributed by atoms with E-state index in [4.69, 9.17) is 23.2 Å². The minimum atomic E-state index is -0.259. The number of hydrogen-bond donors (Lipinski definition) is 0. The number of para-hydroxylation sites is 1. The minimum Gasteiger partial charge on any atom is -0.278 e. The lowest BCUT2D eigenvalue weighted by atomic mass is 10.0. The van der Waals surface area contributed by atoms with Crippen LogP contribution in [-0.2, 0) is 12.8 Å². The van der Waals surface area contributed by atoms with Crippen LogP contribution in [0.1, 0.15) is 16.8 Å². The van der Waals surface area contributed by atoms with Gasteiger partial charge in [-0.15, -0.1) is 0 Å². The zero-order chi connectivity index (χ0) is 18.8. The molecule has 3 aromatic rings. The Kier molecular flexibility index (Phi) is 5.86. The van der Waals surface area contributed by atoms with E-state index < -0.39 is 0 Å². The Morgan fingerprint density at radius 2 is 1.65 bits per heavy atom. The van der Waals surface area contributed by atoms with Gasteiger partial charge in [-0.1, -0.05) is 41.4 Å². The van der Waals surface area contributed by atoms with Crippen molar-refractivity contribution < 1.29 is 4.39 Å². The van der Waals surface area contributed by atoms with Crippen LogP contribution in [0.5, 0.6) is 0 Å². The van der Waals surface area contributed by atoms with Crippen molar-refractivity contribution in [1.82, 2.24) is 4.57 Å². The molecular formula is C20H15BrCl2FNO. The number of benzene rings is 2. The van der Waals surface area contributed by atoms with E-state index >= 15 is 0 Å². The summed E-state index contributed by atoms with van der Waals surface area (Å²) < 4.78 is 15.0. The number of nitrogens with zero attached hydrogens (tertiary/aromatic N) is 1. The number of halogens is 4. The molecule has 0 saturated carbocycles. The molecule has 0 N–H and O–H groups in total. The van der Waals surface area contributed by atoms with Crippen LogP contribution in [0.15, 0.2) is 57.8 Å². The Morgan fingerprint density at radius 1 is 1.04 bits per heavy atom. The smallest absolute Gasteiger partial charge is 0.269 e. The molecule has 0 aliphatic carbocycles. The van der Waals surface area contributed by atoms with Crippen molar-refractivity contribution in [3.63, 3.8) is 0 Å². The Hall–Kier alpha value is -1.62. The van der Waals surface area contributed by atoms with Gasteiger partial charge in [0.1, 0.15) is 5.82 Å². The predicted octanol–water partition coefficient (Wildman–Crippen LogP) is 6.14. The predicted molar refractivity (Wildman–Crippen MR) is 108 cm³/mol. The van der Waals surface area contributed by atoms with Gasteiger partial charge in [0.2, 0.25) is 0 Å². The fourth-order valence-corrected chi connectivity index (χ4v) is 3.92. The summed E-state index contributed by atoms with van der Waals surface area (Å²) in [7, 11) is 0. The Bertz CT molecular complexity index is 995. The quantitative estimate of drug-likeness (QED) is 0.464. The van der Waals surface area contributed by atoms with Crippen molar-refractivity contribution in [2.24, 2.45) is 0 Å². The second-order valence-corrected chi connectivity index (χ2v) is 7.57. The molecule has 0 atom stereocenters. The van der Waals surface area contributed by atoms with E-state index in [9.17, 15) is 9.18 Å². The molecule has 0 bridgehead atoms. The second kappa shape index (κ2) is 7.95. The molecule has 0 amide bonds. The van der Waals surface area contributed by atoms with Crippen molar-refractivity contribution in [2.45, 2.75) is 19.8 Å². The molecule has 2 aromatic carbocycles. The molecule has 0 unspecified atom stereocenters. The third-order valence-electron chi connectivity index (χ3n) is 4.17. The first-order valence-electron chi connectivity index (χ1n) is 7.98. The molecule has 0 spiro atoms. The highest BCUT2D eigenvalue weighted by Crippen LogP contribution is 2.29. The molecular weight excluding hydrogens is 440 g/mol. The average molecular weight is 455 g/mol. The average Bonchev–Trinajstić information content (AvgIpc) is 2.61. The van der Waals surface area contributed by atoms with Crippen LogP contribution in [0.25, 0.3) is 5.69 Å². The lowest BCUT2D eigenvalue weighted by Gasteiger charge is -2.16. The van der Waals surface area contributed by atoms with Gasteiger partial charge in [-0.3, -0.25) is 9.36 Å². The topological polar surface area (TPSA) is 22.0 Å². The van der Waals surface area contributed by atoms with E-state index in [0.29, 0.717) is 33.0 Å². The van der Waals surface area contributed by atoms with Crippen LogP contribution in [0.4, 0.5) is 4.39 Å². The standard InChI is InChI=1S/C20H15BrCl2FNO/c1-12-11-14(8-5-13-6-9-15(24)10-7-13)18(21)20(26)25(12)19-16(22)3-2-4-17(19)23/h2-4,6-7,9-11H,5,8H2,1H3. The minimum absolute atomic E-state index is 0.214. The third-order valence-corrected chi connectivity index (χ3v) is 5.62. The molecule has 6 heteroatoms. The van der Waals surface area contributed by atoms with Crippen LogP contribution in [0, 0.1) is 12.7 Å². The SMILES string of the molecule is Cc1cc(CCc2ccc(F)cc2)c(Br)c(=O)n1-c1c(Cl)cccc1Cl. The number of rotatable bonds is 4. The van der Waals surface area contributed by atoms with Crippen LogP contribution in [-0.4, -0.2) is 4.57 Å². The van der Waals surface area contributed by atoms with Crippen LogP contribution >= 0.6 is 39.1 Å². The van der Waals surface area contributed by atoms with Gasteiger partial charge in [0.05, 0.1) is 20.2 Å². The Labute approximate surface area is 169 Å². The number of pyridine rings is 1. The highest BCUT2D eigenvalue weighted by atomic mass is 79.9. The normalized spacial score (nSPS) is 11.0. The summed E-state index contributed by atoms with van der Waals surface area (Å²) in [6.07, 6.45) is 1.36. The summed E-state index contributed by atoms with van der Waals surface area (Å²) in [5.41, 5.74) is 2.89. The number of aryl methyl sites for hydroxylation is 3. The van der Waals surface area contributed by atoms with Crippen molar-refractivity contribution >= 4 is 39.1 Å². The van der Waals surface area contributed by atoms with E-state index in [1.165, 1.54) is 16.7 Å². The lowest BCUT2D eigenvalue weighted by molar-refractivity contribution is 0.627. The monoisotopic (exact) mass is 453 g/mol. The van der Waals surface area contributed by atoms with Gasteiger partial charge < -0.3 is 0 Å². The van der Waals surface area contributed by atoms with Gasteiger partial charge in [-0.2, -0.15) is 0 Å². The molecule has 0 fully saturated rings. The molecule has 3 rings (SSSR count). The van der Waals surface area contributed by atoms with Gasteiger partial charge in [-0.05, 0) is 77.2 Å². The highest BCUT2D eigenvalue weighted by Gasteiger charge is 2.16. The van der Waals surface area contributed by atoms with Crippen molar-refractivity contribution in [3.8, 4) is 5.69 Å². The summed E-state index contributed by atoms with van der Waals surface area (Å²) in [6.45, 7) is 1.84. The fourth-order valence-electron chi connectivity index (χ4n) is 2.87. The van der Waals surface area contributed by atoms with Gasteiger partial charge in [-0.25, -0.2) is 4.39 Å². The van der Waals surface area contributed by atoms with Crippen molar-refractivity contribution in [3.05, 3.63) is 96.0 Å². The summed E-state index contributed by atoms with van der Waals surface area (Å²) >= 11 is 15.9. The zero-order valence-corrected chi connectivity index (χ0v) is 17.0. The molecule has 0 aliphatic heterocycles. The maximum Gasteiger partial charge on any atom is 0.269 e. The summed E-state index contributed by atoms with van der Waals surface area (Å²) in [5, 5.41) is 0.822. The van der Waals surface area contributed by atoms with E-state index in [1.807, 2.05) is 13.0 Å². The van der Waals surface area contributed by atoms with Crippen molar-refractivity contribution in [1.29, 1.82) is 0 Å². The molecule has 134 valence electrons. The zero-order valence-electron chi connectivity index (χ0n) is 13.9. The van der Waals surface area contributed by atoms with Crippen LogP contribution < -0.4 is 5.56 Å². The largest absolute Gasteiger partial charge is 0.278 e. The number of aromatic nitrogens is 1. The summed E-state index contributed by atoms with van der Waals surface area (Å²) in [6, 6.07) is 13.5.